The lowest BCUT2D eigenvalue weighted by molar-refractivity contribution is 0.0616. The molecule has 29 heavy (non-hydrogen) atoms. The molecule has 0 aliphatic carbocycles. The lowest BCUT2D eigenvalue weighted by Crippen LogP contribution is -2.44. The monoisotopic (exact) mass is 518 g/mol. The molecule has 0 aliphatic heterocycles. The van der Waals surface area contributed by atoms with Crippen LogP contribution in [0.4, 0.5) is 0 Å². The summed E-state index contributed by atoms with van der Waals surface area (Å²) in [6.45, 7) is 6.02. The lowest BCUT2D eigenvalue weighted by atomic mass is 10.00. The van der Waals surface area contributed by atoms with Crippen molar-refractivity contribution in [1.82, 2.24) is 25.4 Å². The van der Waals surface area contributed by atoms with Gasteiger partial charge >= 0.3 is 0 Å². The summed E-state index contributed by atoms with van der Waals surface area (Å²) >= 11 is 0. The van der Waals surface area contributed by atoms with Crippen molar-refractivity contribution < 1.29 is 14.6 Å². The fraction of sp³-hybridized carbons (Fsp3) is 0.526. The number of ether oxygens (including phenoxy) is 2. The van der Waals surface area contributed by atoms with E-state index < -0.39 is 5.60 Å². The van der Waals surface area contributed by atoms with Gasteiger partial charge in [-0.25, -0.2) is 9.98 Å². The van der Waals surface area contributed by atoms with Crippen LogP contribution >= 0.6 is 24.0 Å². The van der Waals surface area contributed by atoms with Gasteiger partial charge in [-0.05, 0) is 19.9 Å². The number of aliphatic imine (C=N–C) groups is 1. The van der Waals surface area contributed by atoms with E-state index >= 15 is 0 Å². The number of guanidine groups is 1. The molecule has 0 fully saturated rings. The summed E-state index contributed by atoms with van der Waals surface area (Å²) in [6.07, 6.45) is 5.14. The van der Waals surface area contributed by atoms with Crippen molar-refractivity contribution in [2.45, 2.75) is 26.0 Å². The van der Waals surface area contributed by atoms with Gasteiger partial charge in [-0.1, -0.05) is 6.07 Å². The quantitative estimate of drug-likeness (QED) is 0.189. The minimum atomic E-state index is -1.08. The number of hydrogen-bond acceptors (Lipinski definition) is 6. The van der Waals surface area contributed by atoms with Gasteiger partial charge in [-0.3, -0.25) is 4.68 Å². The maximum atomic E-state index is 10.7. The Morgan fingerprint density at radius 3 is 2.79 bits per heavy atom. The van der Waals surface area contributed by atoms with Gasteiger partial charge < -0.3 is 25.2 Å². The molecule has 2 aromatic rings. The van der Waals surface area contributed by atoms with Gasteiger partial charge in [0.15, 0.2) is 5.96 Å². The number of aliphatic hydroxyl groups is 1. The molecular weight excluding hydrogens is 487 g/mol. The predicted octanol–water partition coefficient (Wildman–Crippen LogP) is 1.42. The van der Waals surface area contributed by atoms with E-state index in [9.17, 15) is 5.11 Å². The number of nitrogens with zero attached hydrogens (tertiary/aromatic N) is 4. The molecule has 2 rings (SSSR count). The summed E-state index contributed by atoms with van der Waals surface area (Å²) in [5.41, 5.74) is 0.530. The third kappa shape index (κ3) is 8.15. The van der Waals surface area contributed by atoms with Crippen molar-refractivity contribution in [1.29, 1.82) is 0 Å². The lowest BCUT2D eigenvalue weighted by Gasteiger charge is -2.23. The highest BCUT2D eigenvalue weighted by Crippen LogP contribution is 2.18. The van der Waals surface area contributed by atoms with Crippen molar-refractivity contribution in [3.8, 4) is 5.88 Å². The number of pyridine rings is 1. The van der Waals surface area contributed by atoms with Gasteiger partial charge in [0.2, 0.25) is 5.88 Å². The Balaban J connectivity index is 0.00000420. The first-order chi connectivity index (χ1) is 13.5. The number of nitrogens with one attached hydrogen (secondary N) is 2. The smallest absolute Gasteiger partial charge is 0.218 e. The molecule has 162 valence electrons. The van der Waals surface area contributed by atoms with E-state index in [-0.39, 0.29) is 30.5 Å². The largest absolute Gasteiger partial charge is 0.475 e. The second kappa shape index (κ2) is 12.6. The van der Waals surface area contributed by atoms with Crippen LogP contribution in [-0.2, 0) is 23.9 Å². The molecule has 2 heterocycles. The zero-order valence-corrected chi connectivity index (χ0v) is 19.7. The maximum absolute atomic E-state index is 10.7. The Morgan fingerprint density at radius 2 is 2.14 bits per heavy atom. The van der Waals surface area contributed by atoms with Gasteiger partial charge in [0, 0.05) is 44.2 Å². The van der Waals surface area contributed by atoms with E-state index in [1.165, 1.54) is 0 Å². The molecule has 2 aromatic heterocycles. The van der Waals surface area contributed by atoms with Crippen molar-refractivity contribution in [3.63, 3.8) is 0 Å². The molecule has 1 atom stereocenters. The van der Waals surface area contributed by atoms with Crippen LogP contribution in [0, 0.1) is 0 Å². The summed E-state index contributed by atoms with van der Waals surface area (Å²) in [7, 11) is 3.44. The molecule has 0 saturated heterocycles. The van der Waals surface area contributed by atoms with Gasteiger partial charge in [-0.15, -0.1) is 24.0 Å². The van der Waals surface area contributed by atoms with Gasteiger partial charge in [0.1, 0.15) is 12.2 Å². The number of aromatic nitrogens is 3. The van der Waals surface area contributed by atoms with Crippen molar-refractivity contribution in [2.24, 2.45) is 12.0 Å². The SMILES string of the molecule is CCNC(=NCc1cccnc1OCCOC)NCC(C)(O)c1cnn(C)c1.I. The van der Waals surface area contributed by atoms with Crippen LogP contribution in [-0.4, -0.2) is 59.2 Å². The predicted molar refractivity (Wildman–Crippen MR) is 123 cm³/mol. The Labute approximate surface area is 188 Å². The first kappa shape index (κ1) is 25.1. The zero-order chi connectivity index (χ0) is 20.4. The van der Waals surface area contributed by atoms with E-state index in [0.29, 0.717) is 38.1 Å². The van der Waals surface area contributed by atoms with E-state index in [2.05, 4.69) is 25.7 Å². The molecule has 0 spiro atoms. The molecule has 3 N–H and O–H groups in total. The highest BCUT2D eigenvalue weighted by molar-refractivity contribution is 14.0. The summed E-state index contributed by atoms with van der Waals surface area (Å²) in [5, 5.41) is 21.2. The first-order valence-electron chi connectivity index (χ1n) is 9.25. The molecule has 9 nitrogen and oxygen atoms in total. The highest BCUT2D eigenvalue weighted by atomic mass is 127. The van der Waals surface area contributed by atoms with Crippen molar-refractivity contribution >= 4 is 29.9 Å². The molecule has 10 heteroatoms. The molecule has 0 aromatic carbocycles. The van der Waals surface area contributed by atoms with E-state index in [1.54, 1.807) is 37.3 Å². The van der Waals surface area contributed by atoms with E-state index in [1.807, 2.05) is 26.1 Å². The second-order valence-electron chi connectivity index (χ2n) is 6.53. The van der Waals surface area contributed by atoms with Crippen LogP contribution in [0.2, 0.25) is 0 Å². The number of rotatable bonds is 10. The minimum Gasteiger partial charge on any atom is -0.475 e. The van der Waals surface area contributed by atoms with Crippen LogP contribution in [0.25, 0.3) is 0 Å². The average Bonchev–Trinajstić information content (AvgIpc) is 3.12. The van der Waals surface area contributed by atoms with Crippen LogP contribution in [0.1, 0.15) is 25.0 Å². The Bertz CT molecular complexity index is 766. The van der Waals surface area contributed by atoms with Crippen molar-refractivity contribution in [2.75, 3.05) is 33.4 Å². The summed E-state index contributed by atoms with van der Waals surface area (Å²) in [6, 6.07) is 3.77. The van der Waals surface area contributed by atoms with Crippen LogP contribution in [0.5, 0.6) is 5.88 Å². The Kier molecular flexibility index (Phi) is 10.9. The minimum absolute atomic E-state index is 0. The standard InChI is InChI=1S/C19H30N6O3.HI/c1-5-20-18(23-14-19(2,26)16-12-24-25(3)13-16)22-11-15-7-6-8-21-17(15)28-10-9-27-4;/h6-8,12-13,26H,5,9-11,14H2,1-4H3,(H2,20,22,23);1H. The molecule has 0 amide bonds. The molecule has 1 unspecified atom stereocenters. The third-order valence-corrected chi connectivity index (χ3v) is 4.05. The number of halogens is 1. The first-order valence-corrected chi connectivity index (χ1v) is 9.25. The maximum Gasteiger partial charge on any atom is 0.218 e. The summed E-state index contributed by atoms with van der Waals surface area (Å²) in [4.78, 5) is 8.85. The topological polar surface area (TPSA) is 106 Å². The van der Waals surface area contributed by atoms with Gasteiger partial charge in [0.25, 0.3) is 0 Å². The summed E-state index contributed by atoms with van der Waals surface area (Å²) < 4.78 is 12.3. The average molecular weight is 518 g/mol. The Hall–Kier alpha value is -1.92. The van der Waals surface area contributed by atoms with Gasteiger partial charge in [-0.2, -0.15) is 5.10 Å². The fourth-order valence-corrected chi connectivity index (χ4v) is 2.46. The van der Waals surface area contributed by atoms with Crippen molar-refractivity contribution in [3.05, 3.63) is 41.9 Å². The zero-order valence-electron chi connectivity index (χ0n) is 17.4. The molecular formula is C19H31IN6O3. The third-order valence-electron chi connectivity index (χ3n) is 4.05. The molecule has 0 bridgehead atoms. The normalized spacial score (nSPS) is 13.3. The van der Waals surface area contributed by atoms with E-state index in [4.69, 9.17) is 9.47 Å². The molecule has 0 radical (unpaired) electrons. The second-order valence-corrected chi connectivity index (χ2v) is 6.53. The summed E-state index contributed by atoms with van der Waals surface area (Å²) in [5.74, 6) is 1.14. The molecule has 0 saturated carbocycles. The fourth-order valence-electron chi connectivity index (χ4n) is 2.46. The highest BCUT2D eigenvalue weighted by Gasteiger charge is 2.25. The van der Waals surface area contributed by atoms with E-state index in [0.717, 1.165) is 11.1 Å². The van der Waals surface area contributed by atoms with Crippen LogP contribution in [0.15, 0.2) is 35.7 Å². The molecule has 0 aliphatic rings. The van der Waals surface area contributed by atoms with Crippen LogP contribution in [0.3, 0.4) is 0 Å². The number of methoxy groups -OCH3 is 1. The Morgan fingerprint density at radius 1 is 1.34 bits per heavy atom. The number of hydrogen-bond donors (Lipinski definition) is 3. The number of aryl methyl sites for hydroxylation is 1. The van der Waals surface area contributed by atoms with Crippen LogP contribution < -0.4 is 15.4 Å². The van der Waals surface area contributed by atoms with Gasteiger partial charge in [0.05, 0.1) is 25.9 Å².